The molecule has 0 radical (unpaired) electrons. The summed E-state index contributed by atoms with van der Waals surface area (Å²) in [4.78, 5) is 39.8. The maximum absolute atomic E-state index is 13.2. The van der Waals surface area contributed by atoms with E-state index < -0.39 is 27.5 Å². The fourth-order valence-corrected chi connectivity index (χ4v) is 5.71. The number of nitrogens with one attached hydrogen (secondary N) is 1. The molecular weight excluding hydrogens is 454 g/mol. The molecule has 34 heavy (non-hydrogen) atoms. The summed E-state index contributed by atoms with van der Waals surface area (Å²) in [6.45, 7) is 5.28. The number of urea groups is 1. The number of fused-ring (bicyclic) bond motifs is 1. The van der Waals surface area contributed by atoms with E-state index in [9.17, 15) is 22.8 Å². The SMILES string of the molecule is CCCc1ccc(C2(C)NC(=O)N(CC(=O)c3ccc4c(c3)CCN4S(=O)(=O)CC)C2=O)cc1. The maximum Gasteiger partial charge on any atom is 0.325 e. The Bertz CT molecular complexity index is 1260. The Labute approximate surface area is 200 Å². The van der Waals surface area contributed by atoms with E-state index in [4.69, 9.17) is 0 Å². The predicted octanol–water partition coefficient (Wildman–Crippen LogP) is 3.00. The van der Waals surface area contributed by atoms with Crippen molar-refractivity contribution in [3.8, 4) is 0 Å². The van der Waals surface area contributed by atoms with Crippen LogP contribution in [0.5, 0.6) is 0 Å². The zero-order valence-electron chi connectivity index (χ0n) is 19.6. The molecule has 2 aromatic carbocycles. The second-order valence-electron chi connectivity index (χ2n) is 8.88. The number of sulfonamides is 1. The number of ketones is 1. The van der Waals surface area contributed by atoms with Gasteiger partial charge < -0.3 is 5.32 Å². The molecule has 1 fully saturated rings. The summed E-state index contributed by atoms with van der Waals surface area (Å²) in [5, 5.41) is 2.74. The number of hydrogen-bond donors (Lipinski definition) is 1. The van der Waals surface area contributed by atoms with Gasteiger partial charge in [0.15, 0.2) is 5.78 Å². The normalized spacial score (nSPS) is 20.0. The molecule has 1 unspecified atom stereocenters. The number of benzene rings is 2. The van der Waals surface area contributed by atoms with Crippen molar-refractivity contribution in [2.24, 2.45) is 0 Å². The number of nitrogens with zero attached hydrogens (tertiary/aromatic N) is 2. The molecule has 4 rings (SSSR count). The standard InChI is InChI=1S/C25H29N3O5S/c1-4-6-17-7-10-20(11-8-17)25(3)23(30)27(24(31)26-25)16-22(29)19-9-12-21-18(15-19)13-14-28(21)34(32,33)5-2/h7-12,15H,4-6,13-14,16H2,1-3H3,(H,26,31). The Balaban J connectivity index is 1.51. The van der Waals surface area contributed by atoms with E-state index in [2.05, 4.69) is 12.2 Å². The highest BCUT2D eigenvalue weighted by molar-refractivity contribution is 7.92. The molecule has 2 aromatic rings. The van der Waals surface area contributed by atoms with Crippen molar-refractivity contribution in [1.29, 1.82) is 0 Å². The molecule has 0 spiro atoms. The molecule has 3 amide bonds. The first-order chi connectivity index (χ1) is 16.1. The van der Waals surface area contributed by atoms with Crippen LogP contribution in [-0.2, 0) is 33.2 Å². The monoisotopic (exact) mass is 483 g/mol. The minimum atomic E-state index is -3.38. The van der Waals surface area contributed by atoms with Gasteiger partial charge in [0.2, 0.25) is 10.0 Å². The van der Waals surface area contributed by atoms with Crippen molar-refractivity contribution in [2.75, 3.05) is 23.1 Å². The smallest absolute Gasteiger partial charge is 0.319 e. The number of rotatable bonds is 8. The molecule has 2 aliphatic rings. The van der Waals surface area contributed by atoms with Crippen molar-refractivity contribution in [3.63, 3.8) is 0 Å². The highest BCUT2D eigenvalue weighted by Crippen LogP contribution is 2.32. The van der Waals surface area contributed by atoms with E-state index in [1.807, 2.05) is 24.3 Å². The molecule has 0 aromatic heterocycles. The Hall–Kier alpha value is -3.20. The Kier molecular flexibility index (Phi) is 6.24. The van der Waals surface area contributed by atoms with Crippen LogP contribution in [0, 0.1) is 0 Å². The van der Waals surface area contributed by atoms with Crippen LogP contribution < -0.4 is 9.62 Å². The second kappa shape index (κ2) is 8.87. The topological polar surface area (TPSA) is 104 Å². The average molecular weight is 484 g/mol. The van der Waals surface area contributed by atoms with Crippen LogP contribution in [0.1, 0.15) is 54.2 Å². The third kappa shape index (κ3) is 4.09. The van der Waals surface area contributed by atoms with Crippen LogP contribution in [0.2, 0.25) is 0 Å². The fourth-order valence-electron chi connectivity index (χ4n) is 4.55. The zero-order chi connectivity index (χ0) is 24.7. The van der Waals surface area contributed by atoms with Gasteiger partial charge >= 0.3 is 6.03 Å². The van der Waals surface area contributed by atoms with Crippen LogP contribution in [0.4, 0.5) is 10.5 Å². The first kappa shape index (κ1) is 23.9. The number of Topliss-reactive ketones (excluding diaryl/α,β-unsaturated/α-hetero) is 1. The number of imide groups is 1. The van der Waals surface area contributed by atoms with Crippen LogP contribution in [0.15, 0.2) is 42.5 Å². The minimum absolute atomic E-state index is 0.000592. The maximum atomic E-state index is 13.2. The van der Waals surface area contributed by atoms with E-state index in [0.717, 1.165) is 28.9 Å². The predicted molar refractivity (Wildman–Crippen MR) is 129 cm³/mol. The summed E-state index contributed by atoms with van der Waals surface area (Å²) in [6.07, 6.45) is 2.45. The molecule has 1 atom stereocenters. The first-order valence-corrected chi connectivity index (χ1v) is 13.1. The number of carbonyl (C=O) groups is 3. The highest BCUT2D eigenvalue weighted by Gasteiger charge is 2.49. The van der Waals surface area contributed by atoms with Gasteiger partial charge in [0.1, 0.15) is 5.54 Å². The Morgan fingerprint density at radius 2 is 1.79 bits per heavy atom. The third-order valence-corrected chi connectivity index (χ3v) is 8.38. The molecular formula is C25H29N3O5S. The van der Waals surface area contributed by atoms with Crippen LogP contribution >= 0.6 is 0 Å². The quantitative estimate of drug-likeness (QED) is 0.459. The van der Waals surface area contributed by atoms with Gasteiger partial charge in [0.25, 0.3) is 5.91 Å². The lowest BCUT2D eigenvalue weighted by molar-refractivity contribution is -0.130. The lowest BCUT2D eigenvalue weighted by Gasteiger charge is -2.22. The largest absolute Gasteiger partial charge is 0.325 e. The van der Waals surface area contributed by atoms with E-state index >= 15 is 0 Å². The molecule has 1 saturated heterocycles. The summed E-state index contributed by atoms with van der Waals surface area (Å²) in [6, 6.07) is 11.8. The van der Waals surface area contributed by atoms with Gasteiger partial charge in [-0.1, -0.05) is 37.6 Å². The molecule has 0 aliphatic carbocycles. The van der Waals surface area contributed by atoms with Crippen LogP contribution in [0.3, 0.4) is 0 Å². The number of hydrogen-bond acceptors (Lipinski definition) is 5. The van der Waals surface area contributed by atoms with E-state index in [1.54, 1.807) is 32.0 Å². The number of aryl methyl sites for hydroxylation is 1. The summed E-state index contributed by atoms with van der Waals surface area (Å²) in [5.74, 6) is -0.861. The average Bonchev–Trinajstić information content (AvgIpc) is 3.35. The van der Waals surface area contributed by atoms with Gasteiger partial charge in [-0.25, -0.2) is 13.2 Å². The van der Waals surface area contributed by atoms with E-state index in [-0.39, 0.29) is 18.1 Å². The Morgan fingerprint density at radius 3 is 2.44 bits per heavy atom. The summed E-state index contributed by atoms with van der Waals surface area (Å²) in [7, 11) is -3.38. The molecule has 0 bridgehead atoms. The molecule has 2 aliphatic heterocycles. The van der Waals surface area contributed by atoms with Gasteiger partial charge in [-0.05, 0) is 61.6 Å². The van der Waals surface area contributed by atoms with Gasteiger partial charge in [-0.2, -0.15) is 0 Å². The van der Waals surface area contributed by atoms with E-state index in [1.165, 1.54) is 4.31 Å². The molecule has 0 saturated carbocycles. The van der Waals surface area contributed by atoms with Crippen molar-refractivity contribution in [3.05, 3.63) is 64.7 Å². The van der Waals surface area contributed by atoms with Crippen molar-refractivity contribution in [1.82, 2.24) is 10.2 Å². The molecule has 9 heteroatoms. The first-order valence-electron chi connectivity index (χ1n) is 11.5. The van der Waals surface area contributed by atoms with Crippen LogP contribution in [0.25, 0.3) is 0 Å². The van der Waals surface area contributed by atoms with E-state index in [0.29, 0.717) is 29.8 Å². The summed E-state index contributed by atoms with van der Waals surface area (Å²) in [5.41, 5.74) is 2.25. The van der Waals surface area contributed by atoms with Gasteiger partial charge in [0, 0.05) is 12.1 Å². The number of carbonyl (C=O) groups excluding carboxylic acids is 3. The lowest BCUT2D eigenvalue weighted by Crippen LogP contribution is -2.41. The van der Waals surface area contributed by atoms with Crippen molar-refractivity contribution < 1.29 is 22.8 Å². The van der Waals surface area contributed by atoms with Gasteiger partial charge in [-0.15, -0.1) is 0 Å². The van der Waals surface area contributed by atoms with Gasteiger partial charge in [0.05, 0.1) is 18.0 Å². The van der Waals surface area contributed by atoms with Gasteiger partial charge in [-0.3, -0.25) is 18.8 Å². The second-order valence-corrected chi connectivity index (χ2v) is 11.1. The summed E-state index contributed by atoms with van der Waals surface area (Å²) >= 11 is 0. The minimum Gasteiger partial charge on any atom is -0.319 e. The molecule has 1 N–H and O–H groups in total. The van der Waals surface area contributed by atoms with Crippen LogP contribution in [-0.4, -0.2) is 49.9 Å². The Morgan fingerprint density at radius 1 is 1.09 bits per heavy atom. The lowest BCUT2D eigenvalue weighted by atomic mass is 9.91. The zero-order valence-corrected chi connectivity index (χ0v) is 20.4. The third-order valence-electron chi connectivity index (χ3n) is 6.60. The van der Waals surface area contributed by atoms with Crippen molar-refractivity contribution in [2.45, 2.75) is 45.6 Å². The fraction of sp³-hybridized carbons (Fsp3) is 0.400. The molecule has 8 nitrogen and oxygen atoms in total. The molecule has 2 heterocycles. The highest BCUT2D eigenvalue weighted by atomic mass is 32.2. The van der Waals surface area contributed by atoms with Crippen molar-refractivity contribution >= 4 is 33.4 Å². The number of anilines is 1. The summed E-state index contributed by atoms with van der Waals surface area (Å²) < 4.78 is 25.9. The number of amides is 3. The molecule has 180 valence electrons.